The highest BCUT2D eigenvalue weighted by molar-refractivity contribution is 5.83. The van der Waals surface area contributed by atoms with E-state index in [2.05, 4.69) is 91.0 Å². The zero-order chi connectivity index (χ0) is 32.4. The lowest BCUT2D eigenvalue weighted by atomic mass is 9.48. The summed E-state index contributed by atoms with van der Waals surface area (Å²) in [5.74, 6) is 4.21. The second-order valence-corrected chi connectivity index (χ2v) is 14.7. The van der Waals surface area contributed by atoms with Crippen LogP contribution in [0.25, 0.3) is 67.6 Å². The molecular weight excluding hydrogens is 599 g/mol. The average molecular weight is 636 g/mol. The van der Waals surface area contributed by atoms with Crippen LogP contribution < -0.4 is 0 Å². The number of oxazole rings is 1. The molecule has 0 amide bonds. The number of hydrogen-bond acceptors (Lipinski definition) is 4. The molecule has 4 heteroatoms. The maximum Gasteiger partial charge on any atom is 0.227 e. The lowest BCUT2D eigenvalue weighted by Gasteiger charge is -2.57. The molecule has 4 fully saturated rings. The van der Waals surface area contributed by atoms with E-state index in [1.807, 2.05) is 42.5 Å². The van der Waals surface area contributed by atoms with E-state index in [0.717, 1.165) is 79.4 Å². The molecule has 0 saturated heterocycles. The number of hydrogen-bond donors (Lipinski definition) is 0. The van der Waals surface area contributed by atoms with E-state index in [-0.39, 0.29) is 0 Å². The summed E-state index contributed by atoms with van der Waals surface area (Å²) in [4.78, 5) is 15.0. The number of benzene rings is 5. The van der Waals surface area contributed by atoms with Gasteiger partial charge in [-0.25, -0.2) is 15.0 Å². The SMILES string of the molecule is c1ccc(-c2cc(-c3ccc(-c4ccc5nc(-c6ccccc6)oc5c4)cc3)nc(-c3ccc(C45CC6CC(CC(C6)C4)C5)cc3)n2)cc1. The summed E-state index contributed by atoms with van der Waals surface area (Å²) in [6.07, 6.45) is 8.52. The van der Waals surface area contributed by atoms with Crippen molar-refractivity contribution in [2.45, 2.75) is 43.9 Å². The van der Waals surface area contributed by atoms with E-state index in [1.165, 1.54) is 44.1 Å². The minimum atomic E-state index is 0.384. The fourth-order valence-corrected chi connectivity index (χ4v) is 9.56. The second kappa shape index (κ2) is 11.4. The van der Waals surface area contributed by atoms with Crippen LogP contribution in [0.1, 0.15) is 44.1 Å². The third-order valence-corrected chi connectivity index (χ3v) is 11.5. The Morgan fingerprint density at radius 2 is 1.00 bits per heavy atom. The zero-order valence-corrected chi connectivity index (χ0v) is 27.4. The van der Waals surface area contributed by atoms with Crippen LogP contribution in [-0.2, 0) is 5.41 Å². The quantitative estimate of drug-likeness (QED) is 0.182. The molecule has 5 aromatic carbocycles. The lowest BCUT2D eigenvalue weighted by molar-refractivity contribution is -0.00518. The number of fused-ring (bicyclic) bond motifs is 1. The van der Waals surface area contributed by atoms with Gasteiger partial charge in [-0.15, -0.1) is 0 Å². The van der Waals surface area contributed by atoms with Crippen LogP contribution in [0.3, 0.4) is 0 Å². The Kier molecular flexibility index (Phi) is 6.65. The lowest BCUT2D eigenvalue weighted by Crippen LogP contribution is -2.48. The molecule has 4 saturated carbocycles. The number of aromatic nitrogens is 3. The molecule has 0 spiro atoms. The van der Waals surface area contributed by atoms with E-state index in [9.17, 15) is 0 Å². The largest absolute Gasteiger partial charge is 0.436 e. The van der Waals surface area contributed by atoms with Crippen molar-refractivity contribution < 1.29 is 4.42 Å². The Balaban J connectivity index is 0.976. The molecule has 4 nitrogen and oxygen atoms in total. The molecule has 2 aromatic heterocycles. The smallest absolute Gasteiger partial charge is 0.227 e. The topological polar surface area (TPSA) is 51.8 Å². The van der Waals surface area contributed by atoms with Crippen LogP contribution in [0.4, 0.5) is 0 Å². The van der Waals surface area contributed by atoms with E-state index in [4.69, 9.17) is 19.4 Å². The molecular formula is C45H37N3O. The average Bonchev–Trinajstić information content (AvgIpc) is 3.59. The molecule has 11 rings (SSSR count). The summed E-state index contributed by atoms with van der Waals surface area (Å²) in [6.45, 7) is 0. The van der Waals surface area contributed by atoms with Gasteiger partial charge in [0, 0.05) is 22.3 Å². The molecule has 49 heavy (non-hydrogen) atoms. The van der Waals surface area contributed by atoms with Gasteiger partial charge in [-0.3, -0.25) is 0 Å². The van der Waals surface area contributed by atoms with Crippen molar-refractivity contribution >= 4 is 11.1 Å². The van der Waals surface area contributed by atoms with Gasteiger partial charge >= 0.3 is 0 Å². The minimum absolute atomic E-state index is 0.384. The first-order chi connectivity index (χ1) is 24.1. The van der Waals surface area contributed by atoms with Gasteiger partial charge in [0.05, 0.1) is 11.4 Å². The maximum atomic E-state index is 6.16. The number of rotatable bonds is 6. The van der Waals surface area contributed by atoms with Crippen molar-refractivity contribution in [1.29, 1.82) is 0 Å². The summed E-state index contributed by atoms with van der Waals surface area (Å²) in [5, 5.41) is 0. The third-order valence-electron chi connectivity index (χ3n) is 11.5. The maximum absolute atomic E-state index is 6.16. The van der Waals surface area contributed by atoms with Gasteiger partial charge in [-0.05, 0) is 109 Å². The summed E-state index contributed by atoms with van der Waals surface area (Å²) in [7, 11) is 0. The summed E-state index contributed by atoms with van der Waals surface area (Å²) in [5.41, 5.74) is 11.8. The molecule has 7 aromatic rings. The van der Waals surface area contributed by atoms with Gasteiger partial charge < -0.3 is 4.42 Å². The third kappa shape index (κ3) is 5.18. The minimum Gasteiger partial charge on any atom is -0.436 e. The molecule has 0 radical (unpaired) electrons. The Hall–Kier alpha value is -5.35. The zero-order valence-electron chi connectivity index (χ0n) is 27.4. The monoisotopic (exact) mass is 635 g/mol. The number of nitrogens with zero attached hydrogens (tertiary/aromatic N) is 3. The van der Waals surface area contributed by atoms with Crippen LogP contribution in [0, 0.1) is 17.8 Å². The van der Waals surface area contributed by atoms with Crippen LogP contribution in [0.5, 0.6) is 0 Å². The van der Waals surface area contributed by atoms with E-state index < -0.39 is 0 Å². The standard InChI is InChI=1S/C45H37N3O/c1-3-7-33(8-4-1)40-25-41(47-43(46-40)35-15-18-38(19-16-35)45-26-29-21-30(27-45)23-31(22-29)28-45)34-13-11-32(12-14-34)37-17-20-39-42(24-37)49-44(48-39)36-9-5-2-6-10-36/h1-20,24-25,29-31H,21-23,26-28H2. The molecule has 0 N–H and O–H groups in total. The first-order valence-electron chi connectivity index (χ1n) is 17.8. The molecule has 4 bridgehead atoms. The fourth-order valence-electron chi connectivity index (χ4n) is 9.56. The molecule has 238 valence electrons. The Morgan fingerprint density at radius 3 is 1.63 bits per heavy atom. The second-order valence-electron chi connectivity index (χ2n) is 14.7. The summed E-state index contributed by atoms with van der Waals surface area (Å²) < 4.78 is 6.16. The van der Waals surface area contributed by atoms with Gasteiger partial charge in [-0.2, -0.15) is 0 Å². The fraction of sp³-hybridized carbons (Fsp3) is 0.222. The molecule has 2 heterocycles. The van der Waals surface area contributed by atoms with E-state index in [0.29, 0.717) is 11.3 Å². The Morgan fingerprint density at radius 1 is 0.469 bits per heavy atom. The Bertz CT molecular complexity index is 2250. The van der Waals surface area contributed by atoms with Gasteiger partial charge in [0.25, 0.3) is 0 Å². The van der Waals surface area contributed by atoms with Gasteiger partial charge in [0.1, 0.15) is 5.52 Å². The van der Waals surface area contributed by atoms with Crippen molar-refractivity contribution in [1.82, 2.24) is 15.0 Å². The van der Waals surface area contributed by atoms with Crippen molar-refractivity contribution in [2.24, 2.45) is 17.8 Å². The molecule has 0 aliphatic heterocycles. The van der Waals surface area contributed by atoms with Crippen LogP contribution >= 0.6 is 0 Å². The predicted octanol–water partition coefficient (Wildman–Crippen LogP) is 11.4. The van der Waals surface area contributed by atoms with Crippen molar-refractivity contribution in [3.8, 4) is 56.5 Å². The van der Waals surface area contributed by atoms with Crippen molar-refractivity contribution in [3.63, 3.8) is 0 Å². The normalized spacial score (nSPS) is 22.5. The van der Waals surface area contributed by atoms with E-state index in [1.54, 1.807) is 0 Å². The highest BCUT2D eigenvalue weighted by Gasteiger charge is 2.51. The van der Waals surface area contributed by atoms with Gasteiger partial charge in [0.15, 0.2) is 11.4 Å². The predicted molar refractivity (Wildman–Crippen MR) is 197 cm³/mol. The van der Waals surface area contributed by atoms with Crippen molar-refractivity contribution in [3.05, 3.63) is 139 Å². The molecule has 4 aliphatic carbocycles. The van der Waals surface area contributed by atoms with Gasteiger partial charge in [-0.1, -0.05) is 103 Å². The molecule has 0 atom stereocenters. The molecule has 0 unspecified atom stereocenters. The van der Waals surface area contributed by atoms with Crippen LogP contribution in [0.2, 0.25) is 0 Å². The summed E-state index contributed by atoms with van der Waals surface area (Å²) >= 11 is 0. The molecule has 4 aliphatic rings. The first-order valence-corrected chi connectivity index (χ1v) is 17.8. The van der Waals surface area contributed by atoms with Crippen LogP contribution in [0.15, 0.2) is 138 Å². The highest BCUT2D eigenvalue weighted by Crippen LogP contribution is 2.60. The van der Waals surface area contributed by atoms with Crippen LogP contribution in [-0.4, -0.2) is 15.0 Å². The summed E-state index contributed by atoms with van der Waals surface area (Å²) in [6, 6.07) is 46.8. The van der Waals surface area contributed by atoms with Gasteiger partial charge in [0.2, 0.25) is 5.89 Å². The first kappa shape index (κ1) is 28.6. The van der Waals surface area contributed by atoms with Crippen molar-refractivity contribution in [2.75, 3.05) is 0 Å². The van der Waals surface area contributed by atoms with E-state index >= 15 is 0 Å². The highest BCUT2D eigenvalue weighted by atomic mass is 16.3. The Labute approximate surface area is 286 Å².